The number of hydrogen-bond acceptors (Lipinski definition) is 4. The molecule has 0 aliphatic carbocycles. The van der Waals surface area contributed by atoms with Gasteiger partial charge in [0.05, 0.1) is 0 Å². The van der Waals surface area contributed by atoms with Gasteiger partial charge in [-0.15, -0.1) is 12.4 Å². The lowest BCUT2D eigenvalue weighted by Gasteiger charge is -2.18. The van der Waals surface area contributed by atoms with Gasteiger partial charge in [-0.3, -0.25) is 0 Å². The van der Waals surface area contributed by atoms with Crippen LogP contribution in [0.1, 0.15) is 11.5 Å². The van der Waals surface area contributed by atoms with Crippen LogP contribution in [0.4, 0.5) is 8.78 Å². The minimum atomic E-state index is -3.99. The normalized spacial score (nSPS) is 20.8. The van der Waals surface area contributed by atoms with E-state index in [0.717, 1.165) is 5.56 Å². The van der Waals surface area contributed by atoms with Gasteiger partial charge in [-0.25, -0.2) is 8.42 Å². The van der Waals surface area contributed by atoms with Gasteiger partial charge in [-0.05, 0) is 17.7 Å². The second kappa shape index (κ2) is 8.30. The third kappa shape index (κ3) is 4.15. The van der Waals surface area contributed by atoms with Crippen molar-refractivity contribution in [2.45, 2.75) is 23.5 Å². The number of sulfonamides is 1. The van der Waals surface area contributed by atoms with E-state index < -0.39 is 16.6 Å². The molecule has 0 aromatic heterocycles. The first-order valence-electron chi connectivity index (χ1n) is 7.74. The van der Waals surface area contributed by atoms with Crippen molar-refractivity contribution in [1.82, 2.24) is 4.31 Å². The number of nitrogens with zero attached hydrogens (tertiary/aromatic N) is 1. The summed E-state index contributed by atoms with van der Waals surface area (Å²) in [6.07, 6.45) is 0. The molecule has 1 aliphatic rings. The molecule has 0 unspecified atom stereocenters. The van der Waals surface area contributed by atoms with Gasteiger partial charge in [0.15, 0.2) is 0 Å². The molecule has 1 heterocycles. The molecule has 142 valence electrons. The van der Waals surface area contributed by atoms with E-state index >= 15 is 0 Å². The Morgan fingerprint density at radius 2 is 1.65 bits per heavy atom. The van der Waals surface area contributed by atoms with Crippen molar-refractivity contribution in [1.29, 1.82) is 0 Å². The van der Waals surface area contributed by atoms with Crippen molar-refractivity contribution >= 4 is 22.4 Å². The summed E-state index contributed by atoms with van der Waals surface area (Å²) >= 11 is 0. The van der Waals surface area contributed by atoms with Gasteiger partial charge in [0.1, 0.15) is 10.6 Å². The molecule has 5 nitrogen and oxygen atoms in total. The van der Waals surface area contributed by atoms with Crippen LogP contribution in [-0.2, 0) is 10.0 Å². The number of alkyl halides is 2. The Kier molecular flexibility index (Phi) is 6.57. The molecule has 26 heavy (non-hydrogen) atoms. The molecule has 3 rings (SSSR count). The predicted octanol–water partition coefficient (Wildman–Crippen LogP) is 2.83. The Labute approximate surface area is 157 Å². The van der Waals surface area contributed by atoms with Crippen LogP contribution in [0.5, 0.6) is 5.75 Å². The maximum atomic E-state index is 12.9. The number of nitrogens with two attached hydrogens (primary N) is 1. The van der Waals surface area contributed by atoms with Crippen LogP contribution in [0, 0.1) is 0 Å². The largest absolute Gasteiger partial charge is 0.433 e. The Morgan fingerprint density at radius 1 is 1.04 bits per heavy atom. The molecule has 9 heteroatoms. The van der Waals surface area contributed by atoms with E-state index in [9.17, 15) is 17.2 Å². The summed E-state index contributed by atoms with van der Waals surface area (Å²) in [7, 11) is -3.99. The van der Waals surface area contributed by atoms with E-state index in [2.05, 4.69) is 4.74 Å². The summed E-state index contributed by atoms with van der Waals surface area (Å²) in [6.45, 7) is -2.80. The molecule has 2 aromatic carbocycles. The van der Waals surface area contributed by atoms with Crippen LogP contribution in [-0.4, -0.2) is 38.5 Å². The lowest BCUT2D eigenvalue weighted by molar-refractivity contribution is -0.0517. The van der Waals surface area contributed by atoms with E-state index in [1.807, 2.05) is 30.3 Å². The molecular formula is C17H19ClF2N2O3S. The molecule has 0 spiro atoms. The minimum Gasteiger partial charge on any atom is -0.433 e. The summed E-state index contributed by atoms with van der Waals surface area (Å²) in [6, 6.07) is 14.4. The maximum absolute atomic E-state index is 12.9. The molecule has 1 aliphatic heterocycles. The fourth-order valence-electron chi connectivity index (χ4n) is 3.04. The number of ether oxygens (including phenoxy) is 1. The molecular weight excluding hydrogens is 386 g/mol. The Balaban J connectivity index is 0.00000243. The maximum Gasteiger partial charge on any atom is 0.387 e. The fourth-order valence-corrected chi connectivity index (χ4v) is 4.66. The molecule has 0 bridgehead atoms. The molecule has 1 saturated heterocycles. The SMILES string of the molecule is Cl.N[C@@H]1CN(S(=O)(=O)c2ccccc2OC(F)F)C[C@H]1c1ccccc1. The highest BCUT2D eigenvalue weighted by Gasteiger charge is 2.39. The monoisotopic (exact) mass is 404 g/mol. The first kappa shape index (κ1) is 20.6. The van der Waals surface area contributed by atoms with E-state index in [4.69, 9.17) is 5.73 Å². The van der Waals surface area contributed by atoms with Gasteiger partial charge in [-0.1, -0.05) is 42.5 Å². The third-order valence-electron chi connectivity index (χ3n) is 4.24. The summed E-state index contributed by atoms with van der Waals surface area (Å²) in [5, 5.41) is 0. The van der Waals surface area contributed by atoms with Crippen LogP contribution in [0.25, 0.3) is 0 Å². The van der Waals surface area contributed by atoms with Gasteiger partial charge in [0, 0.05) is 25.0 Å². The summed E-state index contributed by atoms with van der Waals surface area (Å²) in [5.74, 6) is -0.520. The first-order chi connectivity index (χ1) is 11.9. The third-order valence-corrected chi connectivity index (χ3v) is 6.11. The number of para-hydroxylation sites is 1. The summed E-state index contributed by atoms with van der Waals surface area (Å²) in [5.41, 5.74) is 7.09. The highest BCUT2D eigenvalue weighted by atomic mass is 35.5. The summed E-state index contributed by atoms with van der Waals surface area (Å²) in [4.78, 5) is -0.281. The molecule has 0 amide bonds. The topological polar surface area (TPSA) is 72.6 Å². The van der Waals surface area contributed by atoms with Gasteiger partial charge in [-0.2, -0.15) is 13.1 Å². The Bertz CT molecular complexity index is 837. The van der Waals surface area contributed by atoms with E-state index in [1.165, 1.54) is 28.6 Å². The van der Waals surface area contributed by atoms with E-state index in [0.29, 0.717) is 0 Å². The van der Waals surface area contributed by atoms with Gasteiger partial charge >= 0.3 is 6.61 Å². The van der Waals surface area contributed by atoms with Crippen molar-refractivity contribution in [3.8, 4) is 5.75 Å². The molecule has 2 N–H and O–H groups in total. The predicted molar refractivity (Wildman–Crippen MR) is 96.2 cm³/mol. The minimum absolute atomic E-state index is 0. The average Bonchev–Trinajstić information content (AvgIpc) is 2.98. The second-order valence-corrected chi connectivity index (χ2v) is 7.73. The fraction of sp³-hybridized carbons (Fsp3) is 0.294. The Hall–Kier alpha value is -1.74. The van der Waals surface area contributed by atoms with Gasteiger partial charge < -0.3 is 10.5 Å². The van der Waals surface area contributed by atoms with Crippen LogP contribution in [0.2, 0.25) is 0 Å². The number of hydrogen-bond donors (Lipinski definition) is 1. The molecule has 2 aromatic rings. The smallest absolute Gasteiger partial charge is 0.387 e. The highest BCUT2D eigenvalue weighted by molar-refractivity contribution is 7.89. The standard InChI is InChI=1S/C17H18F2N2O3S.ClH/c18-17(19)24-15-8-4-5-9-16(15)25(22,23)21-10-13(14(20)11-21)12-6-2-1-3-7-12;/h1-9,13-14,17H,10-11,20H2;1H/t13-,14+;/m0./s1. The lowest BCUT2D eigenvalue weighted by Crippen LogP contribution is -2.32. The van der Waals surface area contributed by atoms with Gasteiger partial charge in [0.25, 0.3) is 0 Å². The number of rotatable bonds is 5. The average molecular weight is 405 g/mol. The zero-order valence-electron chi connectivity index (χ0n) is 13.7. The highest BCUT2D eigenvalue weighted by Crippen LogP contribution is 2.33. The second-order valence-electron chi connectivity index (χ2n) is 5.83. The van der Waals surface area contributed by atoms with Crippen LogP contribution in [0.15, 0.2) is 59.5 Å². The van der Waals surface area contributed by atoms with Crippen molar-refractivity contribution in [2.24, 2.45) is 5.73 Å². The molecule has 0 radical (unpaired) electrons. The van der Waals surface area contributed by atoms with E-state index in [1.54, 1.807) is 0 Å². The number of halogens is 3. The van der Waals surface area contributed by atoms with Crippen LogP contribution >= 0.6 is 12.4 Å². The van der Waals surface area contributed by atoms with Crippen molar-refractivity contribution in [3.63, 3.8) is 0 Å². The lowest BCUT2D eigenvalue weighted by atomic mass is 9.95. The zero-order chi connectivity index (χ0) is 18.0. The summed E-state index contributed by atoms with van der Waals surface area (Å²) < 4.78 is 56.5. The Morgan fingerprint density at radius 3 is 2.31 bits per heavy atom. The molecule has 2 atom stereocenters. The molecule has 1 fully saturated rings. The van der Waals surface area contributed by atoms with Crippen LogP contribution < -0.4 is 10.5 Å². The van der Waals surface area contributed by atoms with Crippen molar-refractivity contribution in [3.05, 3.63) is 60.2 Å². The quantitative estimate of drug-likeness (QED) is 0.831. The van der Waals surface area contributed by atoms with Gasteiger partial charge in [0.2, 0.25) is 10.0 Å². The molecule has 0 saturated carbocycles. The van der Waals surface area contributed by atoms with Crippen molar-refractivity contribution < 1.29 is 21.9 Å². The first-order valence-corrected chi connectivity index (χ1v) is 9.18. The number of benzene rings is 2. The zero-order valence-corrected chi connectivity index (χ0v) is 15.3. The van der Waals surface area contributed by atoms with Crippen LogP contribution in [0.3, 0.4) is 0 Å². The van der Waals surface area contributed by atoms with Crippen molar-refractivity contribution in [2.75, 3.05) is 13.1 Å². The van der Waals surface area contributed by atoms with E-state index in [-0.39, 0.29) is 48.1 Å².